The van der Waals surface area contributed by atoms with Gasteiger partial charge in [0.1, 0.15) is 0 Å². The summed E-state index contributed by atoms with van der Waals surface area (Å²) in [6.07, 6.45) is 0. The van der Waals surface area contributed by atoms with Crippen molar-refractivity contribution in [2.24, 2.45) is 5.73 Å². The molecule has 0 saturated heterocycles. The molecular formula is C22H18N4O5S. The van der Waals surface area contributed by atoms with Crippen molar-refractivity contribution in [3.63, 3.8) is 0 Å². The molecule has 0 saturated carbocycles. The molecule has 0 aliphatic heterocycles. The van der Waals surface area contributed by atoms with Crippen LogP contribution < -0.4 is 21.6 Å². The highest BCUT2D eigenvalue weighted by atomic mass is 32.2. The van der Waals surface area contributed by atoms with E-state index < -0.39 is 27.0 Å². The number of aromatic amines is 2. The maximum Gasteiger partial charge on any atom is 0.314 e. The van der Waals surface area contributed by atoms with Gasteiger partial charge in [-0.3, -0.25) is 19.1 Å². The number of anilines is 1. The highest BCUT2D eigenvalue weighted by Crippen LogP contribution is 2.27. The largest absolute Gasteiger partial charge is 0.366 e. The summed E-state index contributed by atoms with van der Waals surface area (Å²) in [6, 6.07) is 16.1. The molecule has 3 aromatic carbocycles. The van der Waals surface area contributed by atoms with Gasteiger partial charge in [-0.2, -0.15) is 0 Å². The van der Waals surface area contributed by atoms with E-state index in [1.54, 1.807) is 55.5 Å². The minimum Gasteiger partial charge on any atom is -0.366 e. The standard InChI is InChI=1S/C22H18N4O5S/c1-12-10-17-18(25-22(29)21(28)24-17)11-19(12)32(30,31)26-14-8-6-13(7-9-14)15-4-2-3-5-16(15)20(23)27/h2-11,26H,1H3,(H2,23,27)(H,24,28)(H,25,29). The molecule has 0 fully saturated rings. The van der Waals surface area contributed by atoms with E-state index in [0.717, 1.165) is 0 Å². The number of sulfonamides is 1. The van der Waals surface area contributed by atoms with Gasteiger partial charge in [0.2, 0.25) is 5.91 Å². The summed E-state index contributed by atoms with van der Waals surface area (Å²) in [5.74, 6) is -0.559. The van der Waals surface area contributed by atoms with Crippen molar-refractivity contribution in [2.75, 3.05) is 4.72 Å². The lowest BCUT2D eigenvalue weighted by molar-refractivity contribution is 0.100. The molecule has 0 spiro atoms. The number of nitrogens with two attached hydrogens (primary N) is 1. The Labute approximate surface area is 182 Å². The Morgan fingerprint density at radius 2 is 1.50 bits per heavy atom. The highest BCUT2D eigenvalue weighted by molar-refractivity contribution is 7.92. The second-order valence-corrected chi connectivity index (χ2v) is 8.82. The van der Waals surface area contributed by atoms with Crippen LogP contribution in [0, 0.1) is 6.92 Å². The summed E-state index contributed by atoms with van der Waals surface area (Å²) >= 11 is 0. The summed E-state index contributed by atoms with van der Waals surface area (Å²) < 4.78 is 28.5. The predicted molar refractivity (Wildman–Crippen MR) is 121 cm³/mol. The average molecular weight is 450 g/mol. The first-order valence-corrected chi connectivity index (χ1v) is 10.9. The van der Waals surface area contributed by atoms with E-state index in [9.17, 15) is 22.8 Å². The molecule has 9 nitrogen and oxygen atoms in total. The number of fused-ring (bicyclic) bond motifs is 1. The van der Waals surface area contributed by atoms with E-state index in [1.165, 1.54) is 12.1 Å². The Kier molecular flexibility index (Phi) is 5.15. The zero-order chi connectivity index (χ0) is 23.0. The quantitative estimate of drug-likeness (QED) is 0.343. The van der Waals surface area contributed by atoms with Crippen molar-refractivity contribution in [3.8, 4) is 11.1 Å². The number of H-pyrrole nitrogens is 2. The third kappa shape index (κ3) is 3.91. The highest BCUT2D eigenvalue weighted by Gasteiger charge is 2.19. The van der Waals surface area contributed by atoms with E-state index in [1.807, 2.05) is 0 Å². The molecule has 0 aliphatic carbocycles. The summed E-state index contributed by atoms with van der Waals surface area (Å²) in [6.45, 7) is 1.58. The zero-order valence-electron chi connectivity index (χ0n) is 16.8. The van der Waals surface area contributed by atoms with Gasteiger partial charge in [-0.25, -0.2) is 8.42 Å². The molecule has 162 valence electrons. The fraction of sp³-hybridized carbons (Fsp3) is 0.0455. The predicted octanol–water partition coefficient (Wildman–Crippen LogP) is 2.09. The van der Waals surface area contributed by atoms with E-state index in [4.69, 9.17) is 5.73 Å². The summed E-state index contributed by atoms with van der Waals surface area (Å²) in [5.41, 5.74) is 6.65. The molecule has 1 aromatic heterocycles. The number of hydrogen-bond donors (Lipinski definition) is 4. The van der Waals surface area contributed by atoms with E-state index >= 15 is 0 Å². The number of benzene rings is 3. The molecule has 0 atom stereocenters. The molecule has 1 heterocycles. The second kappa shape index (κ2) is 7.82. The first-order chi connectivity index (χ1) is 15.2. The van der Waals surface area contributed by atoms with Gasteiger partial charge < -0.3 is 15.7 Å². The minimum absolute atomic E-state index is 0.0455. The molecule has 0 bridgehead atoms. The summed E-state index contributed by atoms with van der Waals surface area (Å²) in [5, 5.41) is 0. The minimum atomic E-state index is -4.00. The van der Waals surface area contributed by atoms with Crippen LogP contribution in [0.3, 0.4) is 0 Å². The third-order valence-corrected chi connectivity index (χ3v) is 6.47. The zero-order valence-corrected chi connectivity index (χ0v) is 17.6. The van der Waals surface area contributed by atoms with Crippen molar-refractivity contribution in [1.82, 2.24) is 9.97 Å². The Bertz CT molecular complexity index is 1590. The maximum atomic E-state index is 13.0. The number of carbonyl (C=O) groups is 1. The van der Waals surface area contributed by atoms with Crippen LogP contribution >= 0.6 is 0 Å². The molecule has 1 amide bonds. The Morgan fingerprint density at radius 1 is 0.906 bits per heavy atom. The third-order valence-electron chi connectivity index (χ3n) is 4.95. The van der Waals surface area contributed by atoms with Crippen LogP contribution in [0.1, 0.15) is 15.9 Å². The SMILES string of the molecule is Cc1cc2[nH]c(=O)c(=O)[nH]c2cc1S(=O)(=O)Nc1ccc(-c2ccccc2C(N)=O)cc1. The molecule has 4 aromatic rings. The number of rotatable bonds is 5. The van der Waals surface area contributed by atoms with Crippen LogP contribution in [-0.4, -0.2) is 24.3 Å². The van der Waals surface area contributed by atoms with Crippen LogP contribution in [0.2, 0.25) is 0 Å². The number of aromatic nitrogens is 2. The number of aryl methyl sites for hydroxylation is 1. The van der Waals surface area contributed by atoms with E-state index in [2.05, 4.69) is 14.7 Å². The van der Waals surface area contributed by atoms with Crippen LogP contribution in [0.15, 0.2) is 75.1 Å². The molecule has 4 rings (SSSR count). The topological polar surface area (TPSA) is 155 Å². The first-order valence-electron chi connectivity index (χ1n) is 9.45. The normalized spacial score (nSPS) is 11.4. The van der Waals surface area contributed by atoms with Gasteiger partial charge in [0, 0.05) is 11.3 Å². The lowest BCUT2D eigenvalue weighted by atomic mass is 9.99. The number of nitrogens with one attached hydrogen (secondary N) is 3. The van der Waals surface area contributed by atoms with Gasteiger partial charge in [-0.05, 0) is 53.9 Å². The molecule has 0 aliphatic rings. The van der Waals surface area contributed by atoms with Crippen LogP contribution in [0.25, 0.3) is 22.2 Å². The number of hydrogen-bond acceptors (Lipinski definition) is 5. The lowest BCUT2D eigenvalue weighted by Crippen LogP contribution is -2.29. The van der Waals surface area contributed by atoms with Crippen LogP contribution in [0.4, 0.5) is 5.69 Å². The summed E-state index contributed by atoms with van der Waals surface area (Å²) in [4.78, 5) is 39.5. The van der Waals surface area contributed by atoms with Gasteiger partial charge >= 0.3 is 11.1 Å². The average Bonchev–Trinajstić information content (AvgIpc) is 2.74. The van der Waals surface area contributed by atoms with Gasteiger partial charge in [-0.15, -0.1) is 0 Å². The van der Waals surface area contributed by atoms with E-state index in [-0.39, 0.29) is 10.4 Å². The number of amides is 1. The molecule has 0 unspecified atom stereocenters. The number of primary amides is 1. The lowest BCUT2D eigenvalue weighted by Gasteiger charge is -2.12. The van der Waals surface area contributed by atoms with Crippen LogP contribution in [0.5, 0.6) is 0 Å². The summed E-state index contributed by atoms with van der Waals surface area (Å²) in [7, 11) is -4.00. The van der Waals surface area contributed by atoms with Gasteiger partial charge in [0.15, 0.2) is 0 Å². The molecular weight excluding hydrogens is 432 g/mol. The first kappa shape index (κ1) is 21.1. The second-order valence-electron chi connectivity index (χ2n) is 7.16. The van der Waals surface area contributed by atoms with Crippen molar-refractivity contribution in [3.05, 3.63) is 92.5 Å². The maximum absolute atomic E-state index is 13.0. The molecule has 5 N–H and O–H groups in total. The molecule has 32 heavy (non-hydrogen) atoms. The van der Waals surface area contributed by atoms with Crippen molar-refractivity contribution in [1.29, 1.82) is 0 Å². The Hall–Kier alpha value is -4.18. The number of carbonyl (C=O) groups excluding carboxylic acids is 1. The fourth-order valence-electron chi connectivity index (χ4n) is 3.42. The van der Waals surface area contributed by atoms with Gasteiger partial charge in [0.25, 0.3) is 10.0 Å². The van der Waals surface area contributed by atoms with Crippen LogP contribution in [-0.2, 0) is 10.0 Å². The van der Waals surface area contributed by atoms with Crippen molar-refractivity contribution >= 4 is 32.7 Å². The fourth-order valence-corrected chi connectivity index (χ4v) is 4.73. The van der Waals surface area contributed by atoms with Gasteiger partial charge in [0.05, 0.1) is 15.9 Å². The Balaban J connectivity index is 1.68. The Morgan fingerprint density at radius 3 is 2.12 bits per heavy atom. The van der Waals surface area contributed by atoms with Crippen molar-refractivity contribution in [2.45, 2.75) is 11.8 Å². The monoisotopic (exact) mass is 450 g/mol. The molecule has 0 radical (unpaired) electrons. The molecule has 10 heteroatoms. The van der Waals surface area contributed by atoms with Gasteiger partial charge in [-0.1, -0.05) is 30.3 Å². The van der Waals surface area contributed by atoms with Crippen molar-refractivity contribution < 1.29 is 13.2 Å². The smallest absolute Gasteiger partial charge is 0.314 e. The van der Waals surface area contributed by atoms with E-state index in [0.29, 0.717) is 33.5 Å².